The highest BCUT2D eigenvalue weighted by Gasteiger charge is 2.11. The molecule has 0 spiro atoms. The van der Waals surface area contributed by atoms with E-state index in [0.29, 0.717) is 0 Å². The topological polar surface area (TPSA) is 46.9 Å². The van der Waals surface area contributed by atoms with Gasteiger partial charge in [-0.05, 0) is 51.1 Å². The van der Waals surface area contributed by atoms with Gasteiger partial charge in [0, 0.05) is 35.2 Å². The quantitative estimate of drug-likeness (QED) is 0.732. The lowest BCUT2D eigenvalue weighted by Gasteiger charge is -2.09. The monoisotopic (exact) mass is 305 g/mol. The second-order valence-corrected chi connectivity index (χ2v) is 5.71. The standard InChI is InChI=1S/C19H19N3O/c1-13(2)14(3)19(23)21-17-5-4-6-18-16(17)9-12-22(18)15-7-10-20-11-8-15/h4-12H,1-3H3,(H,21,23). The van der Waals surface area contributed by atoms with Crippen LogP contribution < -0.4 is 5.32 Å². The minimum Gasteiger partial charge on any atom is -0.322 e. The van der Waals surface area contributed by atoms with Crippen molar-refractivity contribution in [3.63, 3.8) is 0 Å². The Kier molecular flexibility index (Phi) is 3.98. The van der Waals surface area contributed by atoms with Crippen LogP contribution >= 0.6 is 0 Å². The largest absolute Gasteiger partial charge is 0.322 e. The number of hydrogen-bond acceptors (Lipinski definition) is 2. The molecule has 0 bridgehead atoms. The molecule has 1 N–H and O–H groups in total. The van der Waals surface area contributed by atoms with Crippen molar-refractivity contribution in [2.75, 3.05) is 5.32 Å². The number of nitrogens with zero attached hydrogens (tertiary/aromatic N) is 2. The number of aromatic nitrogens is 2. The molecule has 4 heteroatoms. The third kappa shape index (κ3) is 2.88. The SMILES string of the molecule is CC(C)=C(C)C(=O)Nc1cccc2c1ccn2-c1ccncc1. The van der Waals surface area contributed by atoms with E-state index in [0.717, 1.165) is 33.4 Å². The first-order valence-electron chi connectivity index (χ1n) is 7.54. The number of amides is 1. The van der Waals surface area contributed by atoms with E-state index in [2.05, 4.69) is 14.9 Å². The summed E-state index contributed by atoms with van der Waals surface area (Å²) in [6.45, 7) is 5.72. The van der Waals surface area contributed by atoms with Gasteiger partial charge in [-0.25, -0.2) is 0 Å². The Hall–Kier alpha value is -2.88. The van der Waals surface area contributed by atoms with Crippen LogP contribution in [-0.4, -0.2) is 15.5 Å². The van der Waals surface area contributed by atoms with Crippen LogP contribution in [0.2, 0.25) is 0 Å². The molecular formula is C19H19N3O. The number of carbonyl (C=O) groups is 1. The van der Waals surface area contributed by atoms with Crippen molar-refractivity contribution >= 4 is 22.5 Å². The van der Waals surface area contributed by atoms with Gasteiger partial charge < -0.3 is 9.88 Å². The maximum absolute atomic E-state index is 12.3. The van der Waals surface area contributed by atoms with Crippen LogP contribution in [0.3, 0.4) is 0 Å². The predicted molar refractivity (Wildman–Crippen MR) is 93.7 cm³/mol. The van der Waals surface area contributed by atoms with Crippen LogP contribution in [0.15, 0.2) is 66.1 Å². The van der Waals surface area contributed by atoms with E-state index in [4.69, 9.17) is 0 Å². The summed E-state index contributed by atoms with van der Waals surface area (Å²) in [5, 5.41) is 4.02. The zero-order valence-corrected chi connectivity index (χ0v) is 13.5. The molecule has 1 amide bonds. The molecule has 0 radical (unpaired) electrons. The van der Waals surface area contributed by atoms with E-state index in [1.807, 2.05) is 63.4 Å². The summed E-state index contributed by atoms with van der Waals surface area (Å²) in [4.78, 5) is 16.3. The molecule has 0 aliphatic rings. The van der Waals surface area contributed by atoms with Crippen LogP contribution in [-0.2, 0) is 4.79 Å². The van der Waals surface area contributed by atoms with E-state index in [1.54, 1.807) is 12.4 Å². The number of allylic oxidation sites excluding steroid dienone is 1. The molecule has 116 valence electrons. The number of rotatable bonds is 3. The smallest absolute Gasteiger partial charge is 0.251 e. The third-order valence-electron chi connectivity index (χ3n) is 4.01. The Morgan fingerprint density at radius 2 is 1.78 bits per heavy atom. The molecule has 4 nitrogen and oxygen atoms in total. The molecule has 0 unspecified atom stereocenters. The average Bonchev–Trinajstić information content (AvgIpc) is 3.00. The minimum atomic E-state index is -0.0610. The molecule has 0 saturated heterocycles. The van der Waals surface area contributed by atoms with E-state index in [9.17, 15) is 4.79 Å². The Morgan fingerprint density at radius 1 is 1.04 bits per heavy atom. The fraction of sp³-hybridized carbons (Fsp3) is 0.158. The number of hydrogen-bond donors (Lipinski definition) is 1. The summed E-state index contributed by atoms with van der Waals surface area (Å²) >= 11 is 0. The number of benzene rings is 1. The van der Waals surface area contributed by atoms with Gasteiger partial charge in [0.25, 0.3) is 5.91 Å². The molecule has 2 aromatic heterocycles. The van der Waals surface area contributed by atoms with E-state index >= 15 is 0 Å². The fourth-order valence-electron chi connectivity index (χ4n) is 2.45. The van der Waals surface area contributed by atoms with Gasteiger partial charge in [0.2, 0.25) is 0 Å². The highest BCUT2D eigenvalue weighted by atomic mass is 16.1. The molecule has 0 saturated carbocycles. The molecule has 2 heterocycles. The molecule has 3 aromatic rings. The highest BCUT2D eigenvalue weighted by molar-refractivity contribution is 6.08. The molecule has 0 aliphatic carbocycles. The first-order chi connectivity index (χ1) is 11.1. The van der Waals surface area contributed by atoms with Crippen molar-refractivity contribution in [3.05, 3.63) is 66.1 Å². The minimum absolute atomic E-state index is 0.0610. The van der Waals surface area contributed by atoms with E-state index in [1.165, 1.54) is 0 Å². The summed E-state index contributed by atoms with van der Waals surface area (Å²) in [5.41, 5.74) is 4.67. The van der Waals surface area contributed by atoms with Crippen LogP contribution in [0.25, 0.3) is 16.6 Å². The number of anilines is 1. The first kappa shape index (κ1) is 15.0. The van der Waals surface area contributed by atoms with Crippen molar-refractivity contribution in [2.45, 2.75) is 20.8 Å². The lowest BCUT2D eigenvalue weighted by molar-refractivity contribution is -0.112. The molecular weight excluding hydrogens is 286 g/mol. The summed E-state index contributed by atoms with van der Waals surface area (Å²) in [6, 6.07) is 11.8. The lowest BCUT2D eigenvalue weighted by atomic mass is 10.1. The second-order valence-electron chi connectivity index (χ2n) is 5.71. The Balaban J connectivity index is 2.03. The molecule has 0 fully saturated rings. The normalized spacial score (nSPS) is 10.6. The number of fused-ring (bicyclic) bond motifs is 1. The number of nitrogens with one attached hydrogen (secondary N) is 1. The average molecular weight is 305 g/mol. The number of carbonyl (C=O) groups excluding carboxylic acids is 1. The van der Waals surface area contributed by atoms with Gasteiger partial charge in [-0.2, -0.15) is 0 Å². The van der Waals surface area contributed by atoms with Crippen LogP contribution in [0.4, 0.5) is 5.69 Å². The van der Waals surface area contributed by atoms with Gasteiger partial charge in [-0.1, -0.05) is 11.6 Å². The Morgan fingerprint density at radius 3 is 2.48 bits per heavy atom. The third-order valence-corrected chi connectivity index (χ3v) is 4.01. The van der Waals surface area contributed by atoms with Crippen molar-refractivity contribution in [1.29, 1.82) is 0 Å². The van der Waals surface area contributed by atoms with Gasteiger partial charge in [0.1, 0.15) is 0 Å². The maximum atomic E-state index is 12.3. The molecule has 23 heavy (non-hydrogen) atoms. The highest BCUT2D eigenvalue weighted by Crippen LogP contribution is 2.27. The van der Waals surface area contributed by atoms with Gasteiger partial charge in [0.15, 0.2) is 0 Å². The number of pyridine rings is 1. The predicted octanol–water partition coefficient (Wildman–Crippen LogP) is 4.32. The zero-order valence-electron chi connectivity index (χ0n) is 13.5. The van der Waals surface area contributed by atoms with Crippen molar-refractivity contribution in [1.82, 2.24) is 9.55 Å². The van der Waals surface area contributed by atoms with Gasteiger partial charge in [-0.3, -0.25) is 9.78 Å². The zero-order chi connectivity index (χ0) is 16.4. The van der Waals surface area contributed by atoms with Crippen molar-refractivity contribution < 1.29 is 4.79 Å². The van der Waals surface area contributed by atoms with Crippen molar-refractivity contribution in [2.24, 2.45) is 0 Å². The van der Waals surface area contributed by atoms with Gasteiger partial charge in [-0.15, -0.1) is 0 Å². The molecule has 1 aromatic carbocycles. The summed E-state index contributed by atoms with van der Waals surface area (Å²) in [5.74, 6) is -0.0610. The molecule has 3 rings (SSSR count). The van der Waals surface area contributed by atoms with Crippen molar-refractivity contribution in [3.8, 4) is 5.69 Å². The van der Waals surface area contributed by atoms with Crippen LogP contribution in [0.5, 0.6) is 0 Å². The lowest BCUT2D eigenvalue weighted by Crippen LogP contribution is -2.13. The molecule has 0 aliphatic heterocycles. The Labute approximate surface area is 135 Å². The second kappa shape index (κ2) is 6.08. The van der Waals surface area contributed by atoms with Crippen LogP contribution in [0, 0.1) is 0 Å². The first-order valence-corrected chi connectivity index (χ1v) is 7.54. The van der Waals surface area contributed by atoms with E-state index < -0.39 is 0 Å². The maximum Gasteiger partial charge on any atom is 0.251 e. The van der Waals surface area contributed by atoms with Gasteiger partial charge >= 0.3 is 0 Å². The fourth-order valence-corrected chi connectivity index (χ4v) is 2.45. The summed E-state index contributed by atoms with van der Waals surface area (Å²) in [7, 11) is 0. The summed E-state index contributed by atoms with van der Waals surface area (Å²) in [6.07, 6.45) is 5.54. The van der Waals surface area contributed by atoms with Crippen LogP contribution in [0.1, 0.15) is 20.8 Å². The van der Waals surface area contributed by atoms with E-state index in [-0.39, 0.29) is 5.91 Å². The molecule has 0 atom stereocenters. The summed E-state index contributed by atoms with van der Waals surface area (Å²) < 4.78 is 2.08. The van der Waals surface area contributed by atoms with Gasteiger partial charge in [0.05, 0.1) is 11.2 Å². The Bertz CT molecular complexity index is 887.